The predicted octanol–water partition coefficient (Wildman–Crippen LogP) is 1.04. The van der Waals surface area contributed by atoms with E-state index in [1.54, 1.807) is 24.3 Å². The Morgan fingerprint density at radius 1 is 1.29 bits per heavy atom. The lowest BCUT2D eigenvalue weighted by molar-refractivity contribution is -0.144. The highest BCUT2D eigenvalue weighted by atomic mass is 16.5. The summed E-state index contributed by atoms with van der Waals surface area (Å²) in [6.07, 6.45) is 0. The molecule has 0 saturated carbocycles. The highest BCUT2D eigenvalue weighted by Crippen LogP contribution is 2.28. The van der Waals surface area contributed by atoms with Crippen LogP contribution in [0, 0.1) is 28.1 Å². The first kappa shape index (κ1) is 11.1. The number of anilines is 1. The van der Waals surface area contributed by atoms with Crippen molar-refractivity contribution in [3.05, 3.63) is 29.8 Å². The molecular formula is C12H9N3O2. The molecule has 1 fully saturated rings. The van der Waals surface area contributed by atoms with E-state index in [-0.39, 0.29) is 19.1 Å². The molecule has 0 spiro atoms. The van der Waals surface area contributed by atoms with Gasteiger partial charge >= 0.3 is 0 Å². The molecule has 5 nitrogen and oxygen atoms in total. The second-order valence-electron chi connectivity index (χ2n) is 3.83. The van der Waals surface area contributed by atoms with Gasteiger partial charge in [-0.1, -0.05) is 0 Å². The van der Waals surface area contributed by atoms with Crippen LogP contribution in [0.4, 0.5) is 5.69 Å². The van der Waals surface area contributed by atoms with Crippen molar-refractivity contribution in [2.24, 2.45) is 5.41 Å². The molecule has 17 heavy (non-hydrogen) atoms. The van der Waals surface area contributed by atoms with Crippen molar-refractivity contribution in [1.29, 1.82) is 10.5 Å². The van der Waals surface area contributed by atoms with E-state index in [4.69, 9.17) is 15.3 Å². The smallest absolute Gasteiger partial charge is 0.249 e. The lowest BCUT2D eigenvalue weighted by Gasteiger charge is -2.33. The molecule has 0 bridgehead atoms. The molecule has 0 atom stereocenters. The molecule has 2 rings (SSSR count). The predicted molar refractivity (Wildman–Crippen MR) is 58.7 cm³/mol. The molecule has 1 N–H and O–H groups in total. The Kier molecular flexibility index (Phi) is 2.78. The Labute approximate surface area is 98.2 Å². The van der Waals surface area contributed by atoms with Crippen LogP contribution in [0.15, 0.2) is 24.3 Å². The Balaban J connectivity index is 2.09. The van der Waals surface area contributed by atoms with Crippen LogP contribution in [-0.4, -0.2) is 19.1 Å². The van der Waals surface area contributed by atoms with E-state index in [1.807, 2.05) is 12.1 Å². The first-order valence-electron chi connectivity index (χ1n) is 5.01. The fourth-order valence-corrected chi connectivity index (χ4v) is 1.43. The summed E-state index contributed by atoms with van der Waals surface area (Å²) in [4.78, 5) is 11.8. The Hall–Kier alpha value is -2.37. The molecule has 5 heteroatoms. The van der Waals surface area contributed by atoms with Crippen molar-refractivity contribution >= 4 is 11.6 Å². The molecule has 1 saturated heterocycles. The minimum Gasteiger partial charge on any atom is -0.377 e. The van der Waals surface area contributed by atoms with E-state index in [1.165, 1.54) is 0 Å². The number of rotatable bonds is 2. The summed E-state index contributed by atoms with van der Waals surface area (Å²) in [5.41, 5.74) is 0.0222. The molecule has 1 aromatic rings. The summed E-state index contributed by atoms with van der Waals surface area (Å²) < 4.78 is 4.90. The Morgan fingerprint density at radius 2 is 1.94 bits per heavy atom. The minimum atomic E-state index is -1.06. The monoisotopic (exact) mass is 227 g/mol. The lowest BCUT2D eigenvalue weighted by atomic mass is 9.87. The SMILES string of the molecule is N#Cc1ccc(NC(=O)C2(C#N)COC2)cc1. The molecular weight excluding hydrogens is 218 g/mol. The van der Waals surface area contributed by atoms with E-state index in [2.05, 4.69) is 5.32 Å². The number of amides is 1. The molecule has 1 heterocycles. The summed E-state index contributed by atoms with van der Waals surface area (Å²) in [5, 5.41) is 20.2. The van der Waals surface area contributed by atoms with Crippen LogP contribution >= 0.6 is 0 Å². The largest absolute Gasteiger partial charge is 0.377 e. The maximum Gasteiger partial charge on any atom is 0.249 e. The van der Waals surface area contributed by atoms with E-state index in [0.29, 0.717) is 11.3 Å². The van der Waals surface area contributed by atoms with Crippen molar-refractivity contribution in [3.8, 4) is 12.1 Å². The van der Waals surface area contributed by atoms with Gasteiger partial charge in [-0.25, -0.2) is 0 Å². The van der Waals surface area contributed by atoms with Gasteiger partial charge in [-0.3, -0.25) is 4.79 Å². The van der Waals surface area contributed by atoms with E-state index in [0.717, 1.165) is 0 Å². The standard InChI is InChI=1S/C12H9N3O2/c13-5-9-1-3-10(4-2-9)15-11(16)12(6-14)7-17-8-12/h1-4H,7-8H2,(H,15,16). The van der Waals surface area contributed by atoms with Gasteiger partial charge in [0.15, 0.2) is 5.41 Å². The van der Waals surface area contributed by atoms with Crippen molar-refractivity contribution in [1.82, 2.24) is 0 Å². The summed E-state index contributed by atoms with van der Waals surface area (Å²) in [6.45, 7) is 0.261. The molecule has 0 radical (unpaired) electrons. The van der Waals surface area contributed by atoms with E-state index >= 15 is 0 Å². The van der Waals surface area contributed by atoms with Crippen molar-refractivity contribution in [3.63, 3.8) is 0 Å². The normalized spacial score (nSPS) is 16.1. The number of hydrogen-bond acceptors (Lipinski definition) is 4. The molecule has 1 amide bonds. The topological polar surface area (TPSA) is 85.9 Å². The van der Waals surface area contributed by atoms with Crippen LogP contribution in [0.5, 0.6) is 0 Å². The minimum absolute atomic E-state index is 0.131. The van der Waals surface area contributed by atoms with Crippen LogP contribution in [-0.2, 0) is 9.53 Å². The number of nitriles is 2. The number of nitrogens with zero attached hydrogens (tertiary/aromatic N) is 2. The number of nitrogens with one attached hydrogen (secondary N) is 1. The fraction of sp³-hybridized carbons (Fsp3) is 0.250. The van der Waals surface area contributed by atoms with E-state index in [9.17, 15) is 4.79 Å². The molecule has 1 aliphatic rings. The van der Waals surface area contributed by atoms with Crippen LogP contribution in [0.2, 0.25) is 0 Å². The second-order valence-corrected chi connectivity index (χ2v) is 3.83. The average Bonchev–Trinajstić information content (AvgIpc) is 2.29. The maximum atomic E-state index is 11.8. The fourth-order valence-electron chi connectivity index (χ4n) is 1.43. The van der Waals surface area contributed by atoms with E-state index < -0.39 is 5.41 Å². The first-order valence-corrected chi connectivity index (χ1v) is 5.01. The van der Waals surface area contributed by atoms with Gasteiger partial charge in [0.05, 0.1) is 30.9 Å². The van der Waals surface area contributed by atoms with Crippen LogP contribution in [0.25, 0.3) is 0 Å². The molecule has 1 aromatic carbocycles. The van der Waals surface area contributed by atoms with Crippen molar-refractivity contribution in [2.75, 3.05) is 18.5 Å². The van der Waals surface area contributed by atoms with Gasteiger partial charge in [0.2, 0.25) is 5.91 Å². The average molecular weight is 227 g/mol. The molecule has 0 aromatic heterocycles. The highest BCUT2D eigenvalue weighted by molar-refractivity contribution is 5.98. The summed E-state index contributed by atoms with van der Waals surface area (Å²) in [5.74, 6) is -0.365. The van der Waals surface area contributed by atoms with Gasteiger partial charge in [0.25, 0.3) is 0 Å². The van der Waals surface area contributed by atoms with Gasteiger partial charge in [0.1, 0.15) is 0 Å². The maximum absolute atomic E-state index is 11.8. The van der Waals surface area contributed by atoms with Crippen LogP contribution < -0.4 is 5.32 Å². The molecule has 84 valence electrons. The first-order chi connectivity index (χ1) is 8.20. The molecule has 0 aliphatic carbocycles. The van der Waals surface area contributed by atoms with Gasteiger partial charge in [0, 0.05) is 5.69 Å². The lowest BCUT2D eigenvalue weighted by Crippen LogP contribution is -2.50. The number of hydrogen-bond donors (Lipinski definition) is 1. The summed E-state index contributed by atoms with van der Waals surface area (Å²) in [6, 6.07) is 10.4. The Bertz CT molecular complexity index is 518. The number of carbonyl (C=O) groups is 1. The zero-order chi connectivity index (χ0) is 12.3. The van der Waals surface area contributed by atoms with Gasteiger partial charge < -0.3 is 10.1 Å². The third-order valence-electron chi connectivity index (χ3n) is 2.62. The molecule has 1 aliphatic heterocycles. The molecule has 0 unspecified atom stereocenters. The Morgan fingerprint density at radius 3 is 2.35 bits per heavy atom. The van der Waals surface area contributed by atoms with Crippen LogP contribution in [0.3, 0.4) is 0 Å². The summed E-state index contributed by atoms with van der Waals surface area (Å²) >= 11 is 0. The second kappa shape index (κ2) is 4.25. The number of benzene rings is 1. The van der Waals surface area contributed by atoms with Gasteiger partial charge in [-0.2, -0.15) is 10.5 Å². The quantitative estimate of drug-likeness (QED) is 0.817. The zero-order valence-electron chi connectivity index (χ0n) is 8.93. The summed E-state index contributed by atoms with van der Waals surface area (Å²) in [7, 11) is 0. The number of ether oxygens (including phenoxy) is 1. The number of carbonyl (C=O) groups excluding carboxylic acids is 1. The third-order valence-corrected chi connectivity index (χ3v) is 2.62. The zero-order valence-corrected chi connectivity index (χ0v) is 8.93. The van der Waals surface area contributed by atoms with Crippen molar-refractivity contribution < 1.29 is 9.53 Å². The van der Waals surface area contributed by atoms with Crippen LogP contribution in [0.1, 0.15) is 5.56 Å². The third kappa shape index (κ3) is 1.96. The van der Waals surface area contributed by atoms with Gasteiger partial charge in [-0.15, -0.1) is 0 Å². The van der Waals surface area contributed by atoms with Gasteiger partial charge in [-0.05, 0) is 24.3 Å². The highest BCUT2D eigenvalue weighted by Gasteiger charge is 2.46. The van der Waals surface area contributed by atoms with Crippen molar-refractivity contribution in [2.45, 2.75) is 0 Å².